The van der Waals surface area contributed by atoms with Gasteiger partial charge in [0, 0.05) is 5.92 Å². The van der Waals surface area contributed by atoms with Crippen molar-refractivity contribution in [1.29, 1.82) is 0 Å². The Morgan fingerprint density at radius 3 is 2.18 bits per heavy atom. The Balaban J connectivity index is 1.32. The molecule has 1 aromatic carbocycles. The lowest BCUT2D eigenvalue weighted by atomic mass is 9.80. The maximum atomic E-state index is 12.4. The van der Waals surface area contributed by atoms with Gasteiger partial charge in [-0.25, -0.2) is 4.79 Å². The fourth-order valence-electron chi connectivity index (χ4n) is 4.87. The summed E-state index contributed by atoms with van der Waals surface area (Å²) in [5, 5.41) is 0. The lowest BCUT2D eigenvalue weighted by molar-refractivity contribution is -0.210. The number of hydrogen-bond donors (Lipinski definition) is 0. The smallest absolute Gasteiger partial charge is 0.368 e. The van der Waals surface area contributed by atoms with Gasteiger partial charge in [-0.1, -0.05) is 76.7 Å². The molecule has 1 saturated carbocycles. The Labute approximate surface area is 201 Å². The molecule has 0 radical (unpaired) electrons. The molecular formula is C29H44O4. The van der Waals surface area contributed by atoms with E-state index in [1.165, 1.54) is 76.2 Å². The number of carbonyl (C=O) groups excluding carboxylic acids is 1. The first-order valence-corrected chi connectivity index (χ1v) is 13.4. The number of benzene rings is 1. The van der Waals surface area contributed by atoms with Crippen molar-refractivity contribution in [2.45, 2.75) is 97.2 Å². The summed E-state index contributed by atoms with van der Waals surface area (Å²) in [5.74, 6) is 1.88. The minimum absolute atomic E-state index is 0.208. The molecule has 1 heterocycles. The van der Waals surface area contributed by atoms with Gasteiger partial charge in [-0.3, -0.25) is 0 Å². The highest BCUT2D eigenvalue weighted by Crippen LogP contribution is 2.31. The van der Waals surface area contributed by atoms with Crippen LogP contribution in [0.25, 0.3) is 0 Å². The van der Waals surface area contributed by atoms with Gasteiger partial charge < -0.3 is 14.2 Å². The Bertz CT molecular complexity index is 695. The van der Waals surface area contributed by atoms with Gasteiger partial charge in [0.1, 0.15) is 5.75 Å². The molecule has 0 atom stereocenters. The molecule has 2 aliphatic rings. The fraction of sp³-hybridized carbons (Fsp3) is 0.690. The third kappa shape index (κ3) is 9.25. The summed E-state index contributed by atoms with van der Waals surface area (Å²) in [6.45, 7) is 5.54. The number of hydrogen-bond acceptors (Lipinski definition) is 4. The Morgan fingerprint density at radius 1 is 0.879 bits per heavy atom. The molecule has 1 aromatic rings. The molecule has 0 bridgehead atoms. The summed E-state index contributed by atoms with van der Waals surface area (Å²) in [7, 11) is 0. The molecule has 1 aliphatic carbocycles. The van der Waals surface area contributed by atoms with E-state index in [-0.39, 0.29) is 5.92 Å². The predicted molar refractivity (Wildman–Crippen MR) is 133 cm³/mol. The molecule has 0 aromatic heterocycles. The maximum absolute atomic E-state index is 12.4. The van der Waals surface area contributed by atoms with Crippen LogP contribution in [-0.2, 0) is 20.7 Å². The van der Waals surface area contributed by atoms with Crippen LogP contribution in [0.5, 0.6) is 5.75 Å². The van der Waals surface area contributed by atoms with Crippen LogP contribution in [0.15, 0.2) is 36.4 Å². The molecule has 1 aliphatic heterocycles. The van der Waals surface area contributed by atoms with Crippen LogP contribution in [0.1, 0.15) is 90.0 Å². The molecule has 1 saturated heterocycles. The van der Waals surface area contributed by atoms with E-state index in [1.807, 2.05) is 24.3 Å². The van der Waals surface area contributed by atoms with Crippen LogP contribution in [0.3, 0.4) is 0 Å². The van der Waals surface area contributed by atoms with Gasteiger partial charge in [-0.05, 0) is 68.1 Å². The van der Waals surface area contributed by atoms with E-state index in [0.29, 0.717) is 24.9 Å². The van der Waals surface area contributed by atoms with Crippen molar-refractivity contribution in [2.24, 2.45) is 17.8 Å². The summed E-state index contributed by atoms with van der Waals surface area (Å²) in [6, 6.07) is 7.83. The fourth-order valence-corrected chi connectivity index (χ4v) is 4.87. The van der Waals surface area contributed by atoms with E-state index in [4.69, 9.17) is 14.2 Å². The summed E-state index contributed by atoms with van der Waals surface area (Å²) < 4.78 is 16.8. The van der Waals surface area contributed by atoms with Gasteiger partial charge in [0.05, 0.1) is 13.2 Å². The molecular weight excluding hydrogens is 412 g/mol. The number of esters is 1. The van der Waals surface area contributed by atoms with E-state index in [9.17, 15) is 4.79 Å². The van der Waals surface area contributed by atoms with Crippen LogP contribution < -0.4 is 4.74 Å². The van der Waals surface area contributed by atoms with Crippen LogP contribution in [0.4, 0.5) is 0 Å². The zero-order valence-corrected chi connectivity index (χ0v) is 20.8. The zero-order valence-electron chi connectivity index (χ0n) is 20.8. The van der Waals surface area contributed by atoms with E-state index < -0.39 is 12.3 Å². The number of ether oxygens (including phenoxy) is 3. The quantitative estimate of drug-likeness (QED) is 0.144. The highest BCUT2D eigenvalue weighted by Gasteiger charge is 2.29. The standard InChI is InChI=1S/C29H44O4/c1-3-5-6-7-8-9-10-24-17-19-27(20-18-24)33-28(30)29-31-21-26(22-32-29)16-15-25-13-11-23(4-2)12-14-25/h15-20,23,25-26,29H,3-14,21-22H2,1-2H3/b16-15+. The first-order chi connectivity index (χ1) is 16.2. The summed E-state index contributed by atoms with van der Waals surface area (Å²) >= 11 is 0. The minimum Gasteiger partial charge on any atom is -0.423 e. The van der Waals surface area contributed by atoms with Crippen molar-refractivity contribution in [3.8, 4) is 5.75 Å². The van der Waals surface area contributed by atoms with Crippen molar-refractivity contribution in [3.63, 3.8) is 0 Å². The zero-order chi connectivity index (χ0) is 23.3. The average Bonchev–Trinajstić information content (AvgIpc) is 2.86. The van der Waals surface area contributed by atoms with Gasteiger partial charge in [-0.2, -0.15) is 0 Å². The topological polar surface area (TPSA) is 44.8 Å². The van der Waals surface area contributed by atoms with E-state index >= 15 is 0 Å². The molecule has 0 unspecified atom stereocenters. The summed E-state index contributed by atoms with van der Waals surface area (Å²) in [6.07, 6.45) is 19.1. The minimum atomic E-state index is -0.933. The second kappa shape index (κ2) is 14.6. The Kier molecular flexibility index (Phi) is 11.5. The van der Waals surface area contributed by atoms with E-state index in [2.05, 4.69) is 26.0 Å². The molecule has 0 spiro atoms. The van der Waals surface area contributed by atoms with Gasteiger partial charge in [0.15, 0.2) is 0 Å². The van der Waals surface area contributed by atoms with Crippen molar-refractivity contribution < 1.29 is 19.0 Å². The number of rotatable bonds is 12. The third-order valence-corrected chi connectivity index (χ3v) is 7.20. The first kappa shape index (κ1) is 26.0. The van der Waals surface area contributed by atoms with E-state index in [0.717, 1.165) is 12.3 Å². The Morgan fingerprint density at radius 2 is 1.52 bits per heavy atom. The highest BCUT2D eigenvalue weighted by molar-refractivity contribution is 5.76. The monoisotopic (exact) mass is 456 g/mol. The molecule has 4 nitrogen and oxygen atoms in total. The first-order valence-electron chi connectivity index (χ1n) is 13.4. The largest absolute Gasteiger partial charge is 0.423 e. The summed E-state index contributed by atoms with van der Waals surface area (Å²) in [5.41, 5.74) is 1.29. The van der Waals surface area contributed by atoms with Gasteiger partial charge in [0.2, 0.25) is 0 Å². The lowest BCUT2D eigenvalue weighted by Crippen LogP contribution is -2.39. The van der Waals surface area contributed by atoms with Crippen LogP contribution >= 0.6 is 0 Å². The normalized spacial score (nSPS) is 25.9. The second-order valence-corrected chi connectivity index (χ2v) is 9.92. The third-order valence-electron chi connectivity index (χ3n) is 7.20. The van der Waals surface area contributed by atoms with Crippen LogP contribution in [0, 0.1) is 17.8 Å². The van der Waals surface area contributed by atoms with E-state index in [1.54, 1.807) is 0 Å². The molecule has 2 fully saturated rings. The number of aryl methyl sites for hydroxylation is 1. The van der Waals surface area contributed by atoms with Crippen molar-refractivity contribution in [2.75, 3.05) is 13.2 Å². The summed E-state index contributed by atoms with van der Waals surface area (Å²) in [4.78, 5) is 12.4. The number of unbranched alkanes of at least 4 members (excludes halogenated alkanes) is 5. The number of carbonyl (C=O) groups is 1. The molecule has 0 N–H and O–H groups in total. The van der Waals surface area contributed by atoms with Crippen LogP contribution in [-0.4, -0.2) is 25.5 Å². The molecule has 184 valence electrons. The van der Waals surface area contributed by atoms with Crippen LogP contribution in [0.2, 0.25) is 0 Å². The molecule has 3 rings (SSSR count). The van der Waals surface area contributed by atoms with Gasteiger partial charge in [-0.15, -0.1) is 0 Å². The van der Waals surface area contributed by atoms with Crippen molar-refractivity contribution >= 4 is 5.97 Å². The predicted octanol–water partition coefficient (Wildman–Crippen LogP) is 7.26. The second-order valence-electron chi connectivity index (χ2n) is 9.92. The maximum Gasteiger partial charge on any atom is 0.368 e. The van der Waals surface area contributed by atoms with Gasteiger partial charge >= 0.3 is 5.97 Å². The number of allylic oxidation sites excluding steroid dienone is 1. The van der Waals surface area contributed by atoms with Gasteiger partial charge in [0.25, 0.3) is 6.29 Å². The molecule has 0 amide bonds. The van der Waals surface area contributed by atoms with Crippen molar-refractivity contribution in [3.05, 3.63) is 42.0 Å². The molecule has 33 heavy (non-hydrogen) atoms. The average molecular weight is 457 g/mol. The molecule has 4 heteroatoms. The lowest BCUT2D eigenvalue weighted by Gasteiger charge is -2.28. The van der Waals surface area contributed by atoms with Crippen molar-refractivity contribution in [1.82, 2.24) is 0 Å². The highest BCUT2D eigenvalue weighted by atomic mass is 16.7. The SMILES string of the molecule is CCCCCCCCc1ccc(OC(=O)C2OCC(/C=C/C3CCC(CC)CC3)CO2)cc1. The Hall–Kier alpha value is -1.65.